The molecular formula is C24H22ClF2N3O4S. The van der Waals surface area contributed by atoms with Gasteiger partial charge in [0, 0.05) is 19.3 Å². The van der Waals surface area contributed by atoms with Crippen LogP contribution in [0.5, 0.6) is 0 Å². The molecule has 2 heterocycles. The number of carbonyl (C=O) groups excluding carboxylic acids is 1. The van der Waals surface area contributed by atoms with Crippen molar-refractivity contribution in [3.63, 3.8) is 0 Å². The molecule has 7 nitrogen and oxygen atoms in total. The van der Waals surface area contributed by atoms with Gasteiger partial charge in [-0.1, -0.05) is 29.8 Å². The molecule has 0 saturated carbocycles. The maximum absolute atomic E-state index is 14.5. The number of likely N-dealkylation sites (tertiary alicyclic amines) is 1. The highest BCUT2D eigenvalue weighted by atomic mass is 35.5. The molecule has 1 aromatic heterocycles. The van der Waals surface area contributed by atoms with Crippen LogP contribution in [0.4, 0.5) is 20.2 Å². The fraction of sp³-hybridized carbons (Fsp3) is 0.250. The Balaban J connectivity index is 1.63. The summed E-state index contributed by atoms with van der Waals surface area (Å²) in [4.78, 5) is 18.6. The van der Waals surface area contributed by atoms with E-state index in [4.69, 9.17) is 11.6 Å². The Morgan fingerprint density at radius 1 is 1.14 bits per heavy atom. The van der Waals surface area contributed by atoms with E-state index in [1.54, 1.807) is 30.0 Å². The predicted molar refractivity (Wildman–Crippen MR) is 128 cm³/mol. The van der Waals surface area contributed by atoms with Gasteiger partial charge in [0.15, 0.2) is 0 Å². The number of amides is 1. The highest BCUT2D eigenvalue weighted by Gasteiger charge is 2.30. The summed E-state index contributed by atoms with van der Waals surface area (Å²) in [7, 11) is -4.80. The van der Waals surface area contributed by atoms with E-state index in [-0.39, 0.29) is 28.7 Å². The molecule has 0 spiro atoms. The molecule has 1 saturated heterocycles. The summed E-state index contributed by atoms with van der Waals surface area (Å²) < 4.78 is 60.7. The van der Waals surface area contributed by atoms with E-state index < -0.39 is 31.9 Å². The molecular weight excluding hydrogens is 500 g/mol. The van der Waals surface area contributed by atoms with E-state index in [0.29, 0.717) is 31.5 Å². The molecule has 4 rings (SSSR count). The van der Waals surface area contributed by atoms with Crippen LogP contribution >= 0.6 is 11.6 Å². The number of aryl methyl sites for hydroxylation is 1. The third-order valence-electron chi connectivity index (χ3n) is 5.97. The van der Waals surface area contributed by atoms with E-state index in [9.17, 15) is 26.5 Å². The Bertz CT molecular complexity index is 1380. The number of pyridine rings is 1. The molecule has 35 heavy (non-hydrogen) atoms. The van der Waals surface area contributed by atoms with Crippen molar-refractivity contribution in [2.75, 3.05) is 18.4 Å². The van der Waals surface area contributed by atoms with Crippen molar-refractivity contribution in [3.8, 4) is 0 Å². The SMILES string of the molecule is Cc1ccc(Nc2c(C(=O)N3CCC(c4ccc(F)cc4)CC3)cnc(S(=O)(=O)O)c2Cl)c(F)c1. The van der Waals surface area contributed by atoms with Gasteiger partial charge in [-0.25, -0.2) is 13.8 Å². The zero-order valence-electron chi connectivity index (χ0n) is 18.6. The highest BCUT2D eigenvalue weighted by Crippen LogP contribution is 2.36. The Kier molecular flexibility index (Phi) is 7.07. The molecule has 2 N–H and O–H groups in total. The summed E-state index contributed by atoms with van der Waals surface area (Å²) in [5.74, 6) is -1.27. The Morgan fingerprint density at radius 2 is 1.80 bits per heavy atom. The van der Waals surface area contributed by atoms with Crippen molar-refractivity contribution >= 4 is 39.0 Å². The van der Waals surface area contributed by atoms with Crippen LogP contribution < -0.4 is 5.32 Å². The van der Waals surface area contributed by atoms with E-state index in [1.807, 2.05) is 0 Å². The molecule has 0 radical (unpaired) electrons. The fourth-order valence-corrected chi connectivity index (χ4v) is 5.12. The van der Waals surface area contributed by atoms with E-state index in [1.165, 1.54) is 24.3 Å². The number of aromatic nitrogens is 1. The average molecular weight is 522 g/mol. The third kappa shape index (κ3) is 5.44. The van der Waals surface area contributed by atoms with Crippen LogP contribution in [-0.2, 0) is 10.1 Å². The number of anilines is 2. The predicted octanol–water partition coefficient (Wildman–Crippen LogP) is 5.33. The van der Waals surface area contributed by atoms with Gasteiger partial charge in [-0.15, -0.1) is 0 Å². The lowest BCUT2D eigenvalue weighted by Crippen LogP contribution is -2.38. The second-order valence-electron chi connectivity index (χ2n) is 8.37. The molecule has 11 heteroatoms. The number of benzene rings is 2. The first-order valence-electron chi connectivity index (χ1n) is 10.8. The summed E-state index contributed by atoms with van der Waals surface area (Å²) in [6.45, 7) is 2.47. The molecule has 0 bridgehead atoms. The lowest BCUT2D eigenvalue weighted by atomic mass is 9.89. The molecule has 0 unspecified atom stereocenters. The second-order valence-corrected chi connectivity index (χ2v) is 10.1. The van der Waals surface area contributed by atoms with Crippen LogP contribution in [0.25, 0.3) is 0 Å². The number of carbonyl (C=O) groups is 1. The monoisotopic (exact) mass is 521 g/mol. The van der Waals surface area contributed by atoms with Gasteiger partial charge in [0.25, 0.3) is 5.91 Å². The summed E-state index contributed by atoms with van der Waals surface area (Å²) in [5, 5.41) is 1.33. The Labute approximate surface area is 206 Å². The largest absolute Gasteiger partial charge is 0.351 e. The number of halogens is 3. The lowest BCUT2D eigenvalue weighted by Gasteiger charge is -2.32. The molecule has 1 fully saturated rings. The van der Waals surface area contributed by atoms with Crippen LogP contribution in [0.2, 0.25) is 5.02 Å². The molecule has 3 aromatic rings. The van der Waals surface area contributed by atoms with E-state index in [2.05, 4.69) is 10.3 Å². The average Bonchev–Trinajstić information content (AvgIpc) is 2.81. The van der Waals surface area contributed by atoms with Gasteiger partial charge in [0.2, 0.25) is 5.03 Å². The van der Waals surface area contributed by atoms with Gasteiger partial charge in [-0.2, -0.15) is 8.42 Å². The van der Waals surface area contributed by atoms with Gasteiger partial charge in [0.05, 0.1) is 16.9 Å². The van der Waals surface area contributed by atoms with Crippen LogP contribution in [-0.4, -0.2) is 41.9 Å². The van der Waals surface area contributed by atoms with E-state index >= 15 is 0 Å². The normalized spacial score (nSPS) is 14.7. The number of hydrogen-bond acceptors (Lipinski definition) is 5. The van der Waals surface area contributed by atoms with Crippen molar-refractivity contribution in [2.24, 2.45) is 0 Å². The van der Waals surface area contributed by atoms with Crippen molar-refractivity contribution in [1.29, 1.82) is 0 Å². The molecule has 0 atom stereocenters. The molecule has 2 aromatic carbocycles. The van der Waals surface area contributed by atoms with Gasteiger partial charge >= 0.3 is 10.1 Å². The number of rotatable bonds is 5. The Morgan fingerprint density at radius 3 is 2.40 bits per heavy atom. The van der Waals surface area contributed by atoms with Crippen LogP contribution in [0.3, 0.4) is 0 Å². The van der Waals surface area contributed by atoms with Gasteiger partial charge < -0.3 is 10.2 Å². The molecule has 1 amide bonds. The summed E-state index contributed by atoms with van der Waals surface area (Å²) in [6, 6.07) is 10.6. The van der Waals surface area contributed by atoms with Gasteiger partial charge in [-0.3, -0.25) is 9.35 Å². The number of piperidine rings is 1. The fourth-order valence-electron chi connectivity index (χ4n) is 4.11. The van der Waals surface area contributed by atoms with Crippen LogP contribution in [0.15, 0.2) is 53.7 Å². The zero-order chi connectivity index (χ0) is 25.3. The minimum absolute atomic E-state index is 0.0333. The molecule has 1 aliphatic rings. The first-order chi connectivity index (χ1) is 16.5. The minimum atomic E-state index is -4.80. The quantitative estimate of drug-likeness (QED) is 0.440. The summed E-state index contributed by atoms with van der Waals surface area (Å²) >= 11 is 6.24. The number of nitrogens with zero attached hydrogens (tertiary/aromatic N) is 2. The lowest BCUT2D eigenvalue weighted by molar-refractivity contribution is 0.0713. The summed E-state index contributed by atoms with van der Waals surface area (Å²) in [6.07, 6.45) is 2.27. The third-order valence-corrected chi connectivity index (χ3v) is 7.25. The van der Waals surface area contributed by atoms with Crippen molar-refractivity contribution < 1.29 is 26.5 Å². The van der Waals surface area contributed by atoms with Gasteiger partial charge in [-0.05, 0) is 61.1 Å². The Hall–Kier alpha value is -3.08. The number of hydrogen-bond donors (Lipinski definition) is 2. The smallest absolute Gasteiger partial charge is 0.313 e. The van der Waals surface area contributed by atoms with Crippen molar-refractivity contribution in [2.45, 2.75) is 30.7 Å². The molecule has 184 valence electrons. The maximum atomic E-state index is 14.5. The van der Waals surface area contributed by atoms with Crippen LogP contribution in [0.1, 0.15) is 40.2 Å². The van der Waals surface area contributed by atoms with Gasteiger partial charge in [0.1, 0.15) is 16.7 Å². The second kappa shape index (κ2) is 9.88. The van der Waals surface area contributed by atoms with Crippen molar-refractivity contribution in [3.05, 3.63) is 82.0 Å². The standard InChI is InChI=1S/C24H22ClF2N3O4S/c1-14-2-7-20(19(27)12-14)29-22-18(13-28-23(21(22)25)35(32,33)34)24(31)30-10-8-16(9-11-30)15-3-5-17(26)6-4-15/h2-7,12-13,16H,8-11H2,1H3,(H,28,29)(H,32,33,34). The van der Waals surface area contributed by atoms with Crippen molar-refractivity contribution in [1.82, 2.24) is 9.88 Å². The van der Waals surface area contributed by atoms with E-state index in [0.717, 1.165) is 11.8 Å². The first kappa shape index (κ1) is 25.0. The molecule has 1 aliphatic heterocycles. The van der Waals surface area contributed by atoms with Crippen LogP contribution in [0, 0.1) is 18.6 Å². The number of nitrogens with one attached hydrogen (secondary N) is 1. The minimum Gasteiger partial charge on any atom is -0.351 e. The zero-order valence-corrected chi connectivity index (χ0v) is 20.2. The highest BCUT2D eigenvalue weighted by molar-refractivity contribution is 7.85. The topological polar surface area (TPSA) is 99.6 Å². The first-order valence-corrected chi connectivity index (χ1v) is 12.6. The maximum Gasteiger partial charge on any atom is 0.313 e. The summed E-state index contributed by atoms with van der Waals surface area (Å²) in [5.41, 5.74) is 1.37. The molecule has 0 aliphatic carbocycles.